The van der Waals surface area contributed by atoms with Gasteiger partial charge in [-0.25, -0.2) is 9.59 Å². The van der Waals surface area contributed by atoms with Crippen LogP contribution in [-0.4, -0.2) is 54.9 Å². The van der Waals surface area contributed by atoms with Crippen molar-refractivity contribution in [2.45, 2.75) is 58.7 Å². The summed E-state index contributed by atoms with van der Waals surface area (Å²) in [5.41, 5.74) is 15.3. The van der Waals surface area contributed by atoms with Crippen molar-refractivity contribution in [2.75, 3.05) is 13.2 Å². The van der Waals surface area contributed by atoms with Gasteiger partial charge in [0.05, 0.1) is 11.6 Å². The number of nitrogens with one attached hydrogen (secondary N) is 2. The average molecular weight is 616 g/mol. The number of Topliss-reactive ketones (excluding diaryl/α,β-unsaturated/α-hetero) is 1. The molecule has 0 aliphatic rings. The lowest BCUT2D eigenvalue weighted by Gasteiger charge is -2.23. The van der Waals surface area contributed by atoms with Crippen molar-refractivity contribution >= 4 is 29.7 Å². The van der Waals surface area contributed by atoms with Crippen molar-refractivity contribution in [3.05, 3.63) is 106 Å². The van der Waals surface area contributed by atoms with E-state index < -0.39 is 42.4 Å². The molecule has 0 saturated heterocycles. The molecule has 3 rings (SSSR count). The molecular weight excluding hydrogens is 574 g/mol. The standard InChI is InChI=1S/C34H41N5O6/c1-22-17-23(2)30(24(3)18-22)32(42)44-21-29(40)27(15-10-16-37-33(35)36)38-31(41)28(19-25-11-6-4-7-12-25)39-34(43)45-20-26-13-8-5-9-14-26/h4-9,11-14,17-18,27-28H,10,15-16,19-21H2,1-3H3,(H,38,41)(H,39,43)(H4,35,36,37)/t27-,28-/m0/s1. The molecule has 0 radical (unpaired) electrons. The fourth-order valence-electron chi connectivity index (χ4n) is 4.87. The molecule has 11 heteroatoms. The fraction of sp³-hybridized carbons (Fsp3) is 0.324. The number of ether oxygens (including phenoxy) is 2. The summed E-state index contributed by atoms with van der Waals surface area (Å²) in [6.07, 6.45) is -0.126. The lowest BCUT2D eigenvalue weighted by Crippen LogP contribution is -2.53. The highest BCUT2D eigenvalue weighted by Gasteiger charge is 2.28. The van der Waals surface area contributed by atoms with Crippen molar-refractivity contribution in [3.63, 3.8) is 0 Å². The van der Waals surface area contributed by atoms with Crippen LogP contribution in [0, 0.1) is 20.8 Å². The molecule has 0 aliphatic carbocycles. The van der Waals surface area contributed by atoms with Gasteiger partial charge in [-0.05, 0) is 55.9 Å². The minimum atomic E-state index is -1.07. The fourth-order valence-corrected chi connectivity index (χ4v) is 4.87. The normalized spacial score (nSPS) is 11.9. The quantitative estimate of drug-likeness (QED) is 0.0870. The Labute approximate surface area is 263 Å². The van der Waals surface area contributed by atoms with Crippen LogP contribution in [0.2, 0.25) is 0 Å². The zero-order valence-electron chi connectivity index (χ0n) is 25.9. The molecule has 0 bridgehead atoms. The smallest absolute Gasteiger partial charge is 0.408 e. The van der Waals surface area contributed by atoms with Crippen LogP contribution in [0.15, 0.2) is 77.8 Å². The molecule has 45 heavy (non-hydrogen) atoms. The van der Waals surface area contributed by atoms with Crippen molar-refractivity contribution in [1.82, 2.24) is 10.6 Å². The molecule has 238 valence electrons. The van der Waals surface area contributed by atoms with E-state index in [2.05, 4.69) is 15.6 Å². The number of hydrogen-bond acceptors (Lipinski definition) is 7. The summed E-state index contributed by atoms with van der Waals surface area (Å²) in [6, 6.07) is 19.9. The van der Waals surface area contributed by atoms with Crippen LogP contribution in [0.5, 0.6) is 0 Å². The van der Waals surface area contributed by atoms with Crippen LogP contribution in [0.4, 0.5) is 4.79 Å². The molecule has 0 fully saturated rings. The van der Waals surface area contributed by atoms with Gasteiger partial charge in [-0.3, -0.25) is 14.6 Å². The zero-order valence-corrected chi connectivity index (χ0v) is 25.9. The first-order valence-corrected chi connectivity index (χ1v) is 14.7. The molecule has 0 spiro atoms. The molecule has 6 N–H and O–H groups in total. The lowest BCUT2D eigenvalue weighted by atomic mass is 10.00. The monoisotopic (exact) mass is 615 g/mol. The Morgan fingerprint density at radius 1 is 0.800 bits per heavy atom. The largest absolute Gasteiger partial charge is 0.454 e. The Hall–Kier alpha value is -5.19. The van der Waals surface area contributed by atoms with Crippen LogP contribution in [0.25, 0.3) is 0 Å². The Balaban J connectivity index is 1.73. The van der Waals surface area contributed by atoms with Crippen LogP contribution >= 0.6 is 0 Å². The number of aryl methyl sites for hydroxylation is 3. The molecule has 0 heterocycles. The molecule has 3 aromatic rings. The minimum Gasteiger partial charge on any atom is -0.454 e. The predicted molar refractivity (Wildman–Crippen MR) is 171 cm³/mol. The molecule has 2 atom stereocenters. The van der Waals surface area contributed by atoms with E-state index in [0.717, 1.165) is 27.8 Å². The molecule has 11 nitrogen and oxygen atoms in total. The number of carbonyl (C=O) groups excluding carboxylic acids is 4. The molecule has 3 aromatic carbocycles. The second-order valence-electron chi connectivity index (χ2n) is 10.8. The first-order chi connectivity index (χ1) is 21.5. The van der Waals surface area contributed by atoms with E-state index in [0.29, 0.717) is 12.0 Å². The highest BCUT2D eigenvalue weighted by atomic mass is 16.5. The summed E-state index contributed by atoms with van der Waals surface area (Å²) in [6.45, 7) is 5.21. The number of rotatable bonds is 15. The Kier molecular flexibility index (Phi) is 13.1. The van der Waals surface area contributed by atoms with Gasteiger partial charge in [0, 0.05) is 13.0 Å². The molecular formula is C34H41N5O6. The lowest BCUT2D eigenvalue weighted by molar-refractivity contribution is -0.130. The Morgan fingerprint density at radius 2 is 1.40 bits per heavy atom. The van der Waals surface area contributed by atoms with Gasteiger partial charge in [0.2, 0.25) is 5.91 Å². The van der Waals surface area contributed by atoms with Crippen molar-refractivity contribution in [2.24, 2.45) is 16.5 Å². The van der Waals surface area contributed by atoms with Crippen LogP contribution < -0.4 is 22.1 Å². The summed E-state index contributed by atoms with van der Waals surface area (Å²) in [4.78, 5) is 56.5. The average Bonchev–Trinajstić information content (AvgIpc) is 3.00. The van der Waals surface area contributed by atoms with Gasteiger partial charge in [-0.2, -0.15) is 0 Å². The molecule has 0 unspecified atom stereocenters. The number of ketones is 1. The highest BCUT2D eigenvalue weighted by Crippen LogP contribution is 2.18. The summed E-state index contributed by atoms with van der Waals surface area (Å²) in [7, 11) is 0. The molecule has 0 saturated carbocycles. The Morgan fingerprint density at radius 3 is 2.00 bits per heavy atom. The third-order valence-corrected chi connectivity index (χ3v) is 6.98. The third-order valence-electron chi connectivity index (χ3n) is 6.98. The summed E-state index contributed by atoms with van der Waals surface area (Å²) in [5, 5.41) is 5.36. The van der Waals surface area contributed by atoms with E-state index in [1.54, 1.807) is 13.8 Å². The number of amides is 2. The number of aliphatic imine (C=N–C) groups is 1. The number of nitrogens with zero attached hydrogens (tertiary/aromatic N) is 1. The van der Waals surface area contributed by atoms with Gasteiger partial charge in [0.1, 0.15) is 12.6 Å². The van der Waals surface area contributed by atoms with Crippen LogP contribution in [0.3, 0.4) is 0 Å². The van der Waals surface area contributed by atoms with Crippen LogP contribution in [0.1, 0.15) is 51.0 Å². The van der Waals surface area contributed by atoms with E-state index in [1.807, 2.05) is 79.7 Å². The van der Waals surface area contributed by atoms with Gasteiger partial charge in [0.15, 0.2) is 18.3 Å². The maximum absolute atomic E-state index is 13.6. The zero-order chi connectivity index (χ0) is 32.8. The second-order valence-corrected chi connectivity index (χ2v) is 10.8. The summed E-state index contributed by atoms with van der Waals surface area (Å²) < 4.78 is 10.7. The molecule has 0 aromatic heterocycles. The van der Waals surface area contributed by atoms with Gasteiger partial charge in [0.25, 0.3) is 0 Å². The van der Waals surface area contributed by atoms with Gasteiger partial charge < -0.3 is 31.6 Å². The van der Waals surface area contributed by atoms with Gasteiger partial charge in [-0.1, -0.05) is 78.4 Å². The minimum absolute atomic E-state index is 0.0174. The summed E-state index contributed by atoms with van der Waals surface area (Å²) >= 11 is 0. The summed E-state index contributed by atoms with van der Waals surface area (Å²) in [5.74, 6) is -1.85. The number of hydrogen-bond donors (Lipinski definition) is 4. The first-order valence-electron chi connectivity index (χ1n) is 14.7. The maximum Gasteiger partial charge on any atom is 0.408 e. The highest BCUT2D eigenvalue weighted by molar-refractivity contribution is 5.96. The topological polar surface area (TPSA) is 175 Å². The van der Waals surface area contributed by atoms with E-state index >= 15 is 0 Å². The number of guanidine groups is 1. The number of alkyl carbamates (subject to hydrolysis) is 1. The molecule has 0 aliphatic heterocycles. The predicted octanol–water partition coefficient (Wildman–Crippen LogP) is 3.41. The van der Waals surface area contributed by atoms with E-state index in [-0.39, 0.29) is 32.0 Å². The Bertz CT molecular complexity index is 1470. The number of esters is 1. The number of nitrogens with two attached hydrogens (primary N) is 2. The van der Waals surface area contributed by atoms with Gasteiger partial charge in [-0.15, -0.1) is 0 Å². The van der Waals surface area contributed by atoms with Crippen molar-refractivity contribution in [3.8, 4) is 0 Å². The second kappa shape index (κ2) is 17.2. The SMILES string of the molecule is Cc1cc(C)c(C(=O)OCC(=O)[C@H](CCCN=C(N)N)NC(=O)[C@H](Cc2ccccc2)NC(=O)OCc2ccccc2)c(C)c1. The van der Waals surface area contributed by atoms with E-state index in [1.165, 1.54) is 0 Å². The van der Waals surface area contributed by atoms with Crippen molar-refractivity contribution in [1.29, 1.82) is 0 Å². The first kappa shape index (κ1) is 34.3. The maximum atomic E-state index is 13.6. The number of benzene rings is 3. The third kappa shape index (κ3) is 11.4. The van der Waals surface area contributed by atoms with Crippen molar-refractivity contribution < 1.29 is 28.7 Å². The van der Waals surface area contributed by atoms with E-state index in [4.69, 9.17) is 20.9 Å². The van der Waals surface area contributed by atoms with Gasteiger partial charge >= 0.3 is 12.1 Å². The molecule has 2 amide bonds. The number of carbonyl (C=O) groups is 4. The van der Waals surface area contributed by atoms with Crippen LogP contribution in [-0.2, 0) is 32.1 Å². The van der Waals surface area contributed by atoms with E-state index in [9.17, 15) is 19.2 Å².